The van der Waals surface area contributed by atoms with E-state index in [1.807, 2.05) is 19.1 Å². The maximum Gasteiger partial charge on any atom is 0.270 e. The SMILES string of the molecule is CCc1ccnc(C(=O)N[C@@H](C)C2(OC)CCC2)c1. The molecule has 0 aromatic carbocycles. The van der Waals surface area contributed by atoms with E-state index < -0.39 is 0 Å². The molecule has 1 atom stereocenters. The Bertz CT molecular complexity index is 450. The van der Waals surface area contributed by atoms with Crippen molar-refractivity contribution in [3.63, 3.8) is 0 Å². The van der Waals surface area contributed by atoms with Gasteiger partial charge in [-0.2, -0.15) is 0 Å². The van der Waals surface area contributed by atoms with E-state index in [9.17, 15) is 4.79 Å². The second-order valence-electron chi connectivity index (χ2n) is 5.22. The molecule has 1 N–H and O–H groups in total. The summed E-state index contributed by atoms with van der Waals surface area (Å²) in [5, 5.41) is 3.01. The molecule has 1 aliphatic carbocycles. The number of hydrogen-bond donors (Lipinski definition) is 1. The van der Waals surface area contributed by atoms with Gasteiger partial charge in [-0.25, -0.2) is 0 Å². The zero-order valence-electron chi connectivity index (χ0n) is 11.9. The number of carbonyl (C=O) groups excluding carboxylic acids is 1. The van der Waals surface area contributed by atoms with Crippen LogP contribution >= 0.6 is 0 Å². The predicted molar refractivity (Wildman–Crippen MR) is 74.1 cm³/mol. The van der Waals surface area contributed by atoms with Crippen LogP contribution in [0.3, 0.4) is 0 Å². The number of pyridine rings is 1. The number of aromatic nitrogens is 1. The molecule has 1 aromatic rings. The van der Waals surface area contributed by atoms with Crippen LogP contribution < -0.4 is 5.32 Å². The van der Waals surface area contributed by atoms with Gasteiger partial charge in [0.15, 0.2) is 0 Å². The average molecular weight is 262 g/mol. The average Bonchev–Trinajstić information content (AvgIpc) is 2.38. The Kier molecular flexibility index (Phi) is 4.20. The molecule has 0 bridgehead atoms. The zero-order chi connectivity index (χ0) is 13.9. The van der Waals surface area contributed by atoms with Crippen molar-refractivity contribution in [2.24, 2.45) is 0 Å². The monoisotopic (exact) mass is 262 g/mol. The normalized spacial score (nSPS) is 18.5. The lowest BCUT2D eigenvalue weighted by molar-refractivity contribution is -0.0919. The highest BCUT2D eigenvalue weighted by atomic mass is 16.5. The van der Waals surface area contributed by atoms with Crippen molar-refractivity contribution in [1.29, 1.82) is 0 Å². The van der Waals surface area contributed by atoms with Crippen molar-refractivity contribution in [2.45, 2.75) is 51.2 Å². The van der Waals surface area contributed by atoms with E-state index in [4.69, 9.17) is 4.74 Å². The maximum atomic E-state index is 12.2. The first-order valence-electron chi connectivity index (χ1n) is 6.92. The summed E-state index contributed by atoms with van der Waals surface area (Å²) >= 11 is 0. The summed E-state index contributed by atoms with van der Waals surface area (Å²) in [5.74, 6) is -0.119. The molecule has 1 aromatic heterocycles. The predicted octanol–water partition coefficient (Wildman–Crippen LogP) is 2.33. The van der Waals surface area contributed by atoms with E-state index in [-0.39, 0.29) is 17.6 Å². The van der Waals surface area contributed by atoms with Gasteiger partial charge in [-0.15, -0.1) is 0 Å². The number of hydrogen-bond acceptors (Lipinski definition) is 3. The van der Waals surface area contributed by atoms with Crippen molar-refractivity contribution < 1.29 is 9.53 Å². The van der Waals surface area contributed by atoms with Gasteiger partial charge in [0, 0.05) is 13.3 Å². The minimum Gasteiger partial charge on any atom is -0.376 e. The van der Waals surface area contributed by atoms with E-state index in [0.29, 0.717) is 5.69 Å². The number of methoxy groups -OCH3 is 1. The van der Waals surface area contributed by atoms with E-state index in [2.05, 4.69) is 17.2 Å². The number of aryl methyl sites for hydroxylation is 1. The van der Waals surface area contributed by atoms with Gasteiger partial charge in [0.2, 0.25) is 0 Å². The molecule has 1 heterocycles. The van der Waals surface area contributed by atoms with Crippen LogP contribution in [-0.4, -0.2) is 29.6 Å². The van der Waals surface area contributed by atoms with E-state index in [0.717, 1.165) is 31.2 Å². The summed E-state index contributed by atoms with van der Waals surface area (Å²) in [6.07, 6.45) is 5.77. The van der Waals surface area contributed by atoms with Gasteiger partial charge in [-0.3, -0.25) is 9.78 Å². The molecular formula is C15H22N2O2. The maximum absolute atomic E-state index is 12.2. The minimum absolute atomic E-state index is 0.00540. The molecule has 2 rings (SSSR count). The van der Waals surface area contributed by atoms with Gasteiger partial charge in [0.1, 0.15) is 5.69 Å². The lowest BCUT2D eigenvalue weighted by Gasteiger charge is -2.45. The van der Waals surface area contributed by atoms with Crippen LogP contribution in [-0.2, 0) is 11.2 Å². The second-order valence-corrected chi connectivity index (χ2v) is 5.22. The highest BCUT2D eigenvalue weighted by Crippen LogP contribution is 2.37. The van der Waals surface area contributed by atoms with Crippen LogP contribution in [0.2, 0.25) is 0 Å². The molecule has 4 heteroatoms. The molecule has 1 aliphatic rings. The molecule has 104 valence electrons. The van der Waals surface area contributed by atoms with Crippen LogP contribution in [0.5, 0.6) is 0 Å². The Morgan fingerprint density at radius 2 is 2.32 bits per heavy atom. The van der Waals surface area contributed by atoms with E-state index in [1.165, 1.54) is 0 Å². The van der Waals surface area contributed by atoms with Gasteiger partial charge in [0.25, 0.3) is 5.91 Å². The number of rotatable bonds is 5. The van der Waals surface area contributed by atoms with Crippen molar-refractivity contribution >= 4 is 5.91 Å². The Morgan fingerprint density at radius 3 is 2.84 bits per heavy atom. The first-order valence-corrected chi connectivity index (χ1v) is 6.92. The Balaban J connectivity index is 2.04. The largest absolute Gasteiger partial charge is 0.376 e. The Morgan fingerprint density at radius 1 is 1.58 bits per heavy atom. The zero-order valence-corrected chi connectivity index (χ0v) is 11.9. The lowest BCUT2D eigenvalue weighted by atomic mass is 9.75. The molecular weight excluding hydrogens is 240 g/mol. The smallest absolute Gasteiger partial charge is 0.270 e. The standard InChI is InChI=1S/C15H22N2O2/c1-4-12-6-9-16-13(10-12)14(18)17-11(2)15(19-3)7-5-8-15/h6,9-11H,4-5,7-8H2,1-3H3,(H,17,18)/t11-/m0/s1. The molecule has 1 saturated carbocycles. The third-order valence-electron chi connectivity index (χ3n) is 4.21. The Hall–Kier alpha value is -1.42. The number of ether oxygens (including phenoxy) is 1. The number of nitrogens with one attached hydrogen (secondary N) is 1. The fourth-order valence-corrected chi connectivity index (χ4v) is 2.56. The summed E-state index contributed by atoms with van der Waals surface area (Å²) in [7, 11) is 1.72. The van der Waals surface area contributed by atoms with Crippen molar-refractivity contribution in [3.05, 3.63) is 29.6 Å². The summed E-state index contributed by atoms with van der Waals surface area (Å²) in [6, 6.07) is 3.79. The summed E-state index contributed by atoms with van der Waals surface area (Å²) in [5.41, 5.74) is 1.42. The molecule has 0 saturated heterocycles. The fourth-order valence-electron chi connectivity index (χ4n) is 2.56. The van der Waals surface area contributed by atoms with Crippen LogP contribution in [0.4, 0.5) is 0 Å². The molecule has 1 amide bonds. The molecule has 19 heavy (non-hydrogen) atoms. The van der Waals surface area contributed by atoms with Gasteiger partial charge in [-0.05, 0) is 50.3 Å². The van der Waals surface area contributed by atoms with Crippen LogP contribution in [0, 0.1) is 0 Å². The van der Waals surface area contributed by atoms with E-state index in [1.54, 1.807) is 13.3 Å². The topological polar surface area (TPSA) is 51.2 Å². The first kappa shape index (κ1) is 14.0. The number of amides is 1. The first-order chi connectivity index (χ1) is 9.11. The van der Waals surface area contributed by atoms with Gasteiger partial charge in [0.05, 0.1) is 11.6 Å². The number of carbonyl (C=O) groups is 1. The second kappa shape index (κ2) is 5.70. The molecule has 0 aliphatic heterocycles. The minimum atomic E-state index is -0.183. The quantitative estimate of drug-likeness (QED) is 0.886. The van der Waals surface area contributed by atoms with Crippen molar-refractivity contribution in [3.8, 4) is 0 Å². The van der Waals surface area contributed by atoms with Crippen LogP contribution in [0.1, 0.15) is 49.2 Å². The molecule has 1 fully saturated rings. The molecule has 0 radical (unpaired) electrons. The summed E-state index contributed by atoms with van der Waals surface area (Å²) in [6.45, 7) is 4.07. The van der Waals surface area contributed by atoms with Crippen LogP contribution in [0.25, 0.3) is 0 Å². The van der Waals surface area contributed by atoms with Crippen molar-refractivity contribution in [1.82, 2.24) is 10.3 Å². The summed E-state index contributed by atoms with van der Waals surface area (Å²) < 4.78 is 5.58. The Labute approximate surface area is 114 Å². The fraction of sp³-hybridized carbons (Fsp3) is 0.600. The third kappa shape index (κ3) is 2.78. The molecule has 4 nitrogen and oxygen atoms in total. The summed E-state index contributed by atoms with van der Waals surface area (Å²) in [4.78, 5) is 16.3. The third-order valence-corrected chi connectivity index (χ3v) is 4.21. The number of nitrogens with zero attached hydrogens (tertiary/aromatic N) is 1. The van der Waals surface area contributed by atoms with E-state index >= 15 is 0 Å². The highest BCUT2D eigenvalue weighted by molar-refractivity contribution is 5.92. The van der Waals surface area contributed by atoms with Gasteiger partial charge < -0.3 is 10.1 Å². The lowest BCUT2D eigenvalue weighted by Crippen LogP contribution is -2.56. The van der Waals surface area contributed by atoms with Crippen LogP contribution in [0.15, 0.2) is 18.3 Å². The molecule has 0 spiro atoms. The van der Waals surface area contributed by atoms with Gasteiger partial charge in [-0.1, -0.05) is 6.92 Å². The van der Waals surface area contributed by atoms with Gasteiger partial charge >= 0.3 is 0 Å². The highest BCUT2D eigenvalue weighted by Gasteiger charge is 2.42. The molecule has 0 unspecified atom stereocenters. The van der Waals surface area contributed by atoms with Crippen molar-refractivity contribution in [2.75, 3.05) is 7.11 Å².